The van der Waals surface area contributed by atoms with E-state index in [0.29, 0.717) is 0 Å². The third kappa shape index (κ3) is 10.0. The predicted octanol–water partition coefficient (Wildman–Crippen LogP) is 4.48. The number of carboxylic acid groups (broad SMARTS) is 2. The summed E-state index contributed by atoms with van der Waals surface area (Å²) in [7, 11) is 0. The Hall–Kier alpha value is -0.810. The summed E-state index contributed by atoms with van der Waals surface area (Å²) in [5.74, 6) is 0. The molecular weight excluding hydrogens is 280 g/mol. The second kappa shape index (κ2) is 12.7. The third-order valence-corrected chi connectivity index (χ3v) is 4.66. The van der Waals surface area contributed by atoms with Crippen LogP contribution in [0.2, 0.25) is 0 Å². The molecule has 3 N–H and O–H groups in total. The highest BCUT2D eigenvalue weighted by molar-refractivity contribution is 5.53. The van der Waals surface area contributed by atoms with Crippen LogP contribution in [0, 0.1) is 0 Å². The van der Waals surface area contributed by atoms with Gasteiger partial charge in [0, 0.05) is 19.1 Å². The summed E-state index contributed by atoms with van der Waals surface area (Å²) in [4.78, 5) is 8.56. The molecule has 1 saturated carbocycles. The maximum atomic E-state index is 8.56. The molecule has 0 aromatic carbocycles. The lowest BCUT2D eigenvalue weighted by molar-refractivity contribution is 0.107. The number of rotatable bonds is 1. The van der Waals surface area contributed by atoms with E-state index in [2.05, 4.69) is 10.4 Å². The van der Waals surface area contributed by atoms with E-state index >= 15 is 0 Å². The minimum Gasteiger partial charge on any atom is -0.450 e. The highest BCUT2D eigenvalue weighted by Crippen LogP contribution is 2.21. The van der Waals surface area contributed by atoms with Crippen LogP contribution in [0.3, 0.4) is 0 Å². The molecule has 0 aromatic rings. The Kier molecular flexibility index (Phi) is 11.1. The molecule has 0 aromatic heterocycles. The lowest BCUT2D eigenvalue weighted by atomic mass is 10.0. The zero-order valence-electron chi connectivity index (χ0n) is 13.9. The van der Waals surface area contributed by atoms with Crippen LogP contribution >= 0.6 is 0 Å². The van der Waals surface area contributed by atoms with Crippen LogP contribution in [0.5, 0.6) is 0 Å². The lowest BCUT2D eigenvalue weighted by Crippen LogP contribution is -2.46. The van der Waals surface area contributed by atoms with Crippen molar-refractivity contribution in [2.24, 2.45) is 0 Å². The van der Waals surface area contributed by atoms with Crippen molar-refractivity contribution in [3.63, 3.8) is 0 Å². The van der Waals surface area contributed by atoms with E-state index in [1.165, 1.54) is 96.6 Å². The van der Waals surface area contributed by atoms with Crippen LogP contribution in [0.25, 0.3) is 0 Å². The molecule has 5 nitrogen and oxygen atoms in total. The molecular formula is C17H34N2O3. The molecule has 1 aliphatic carbocycles. The van der Waals surface area contributed by atoms with E-state index in [1.807, 2.05) is 0 Å². The summed E-state index contributed by atoms with van der Waals surface area (Å²) in [6, 6.07) is 0.821. The van der Waals surface area contributed by atoms with Crippen molar-refractivity contribution in [2.45, 2.75) is 89.5 Å². The van der Waals surface area contributed by atoms with Crippen LogP contribution in [-0.2, 0) is 0 Å². The second-order valence-corrected chi connectivity index (χ2v) is 6.50. The molecule has 0 amide bonds. The van der Waals surface area contributed by atoms with E-state index in [0.717, 1.165) is 6.04 Å². The van der Waals surface area contributed by atoms with Gasteiger partial charge in [0.2, 0.25) is 0 Å². The van der Waals surface area contributed by atoms with Crippen molar-refractivity contribution in [1.29, 1.82) is 0 Å². The number of hydrogen-bond acceptors (Lipinski definition) is 3. The smallest absolute Gasteiger partial charge is 0.450 e. The molecule has 130 valence electrons. The fourth-order valence-corrected chi connectivity index (χ4v) is 3.47. The Morgan fingerprint density at radius 3 is 1.82 bits per heavy atom. The van der Waals surface area contributed by atoms with Gasteiger partial charge in [-0.3, -0.25) is 5.43 Å². The first-order valence-electron chi connectivity index (χ1n) is 9.12. The van der Waals surface area contributed by atoms with E-state index in [9.17, 15) is 0 Å². The van der Waals surface area contributed by atoms with Crippen molar-refractivity contribution >= 4 is 6.16 Å². The Labute approximate surface area is 135 Å². The molecule has 0 radical (unpaired) electrons. The monoisotopic (exact) mass is 314 g/mol. The topological polar surface area (TPSA) is 72.8 Å². The molecule has 0 unspecified atom stereocenters. The Balaban J connectivity index is 0.000000541. The molecule has 5 heteroatoms. The predicted molar refractivity (Wildman–Crippen MR) is 89.2 cm³/mol. The van der Waals surface area contributed by atoms with Gasteiger partial charge in [-0.2, -0.15) is 0 Å². The zero-order valence-corrected chi connectivity index (χ0v) is 13.9. The van der Waals surface area contributed by atoms with Crippen LogP contribution < -0.4 is 5.43 Å². The van der Waals surface area contributed by atoms with Crippen molar-refractivity contribution in [2.75, 3.05) is 13.1 Å². The minimum atomic E-state index is -1.83. The van der Waals surface area contributed by atoms with Crippen LogP contribution in [0.15, 0.2) is 0 Å². The molecule has 0 bridgehead atoms. The van der Waals surface area contributed by atoms with Gasteiger partial charge in [0.05, 0.1) is 0 Å². The highest BCUT2D eigenvalue weighted by atomic mass is 16.6. The minimum absolute atomic E-state index is 0.821. The van der Waals surface area contributed by atoms with Crippen molar-refractivity contribution in [3.8, 4) is 0 Å². The second-order valence-electron chi connectivity index (χ2n) is 6.50. The van der Waals surface area contributed by atoms with Gasteiger partial charge in [-0.05, 0) is 25.7 Å². The van der Waals surface area contributed by atoms with Crippen LogP contribution in [-0.4, -0.2) is 40.5 Å². The van der Waals surface area contributed by atoms with Gasteiger partial charge in [0.1, 0.15) is 0 Å². The molecule has 2 fully saturated rings. The molecule has 0 atom stereocenters. The Morgan fingerprint density at radius 2 is 1.23 bits per heavy atom. The van der Waals surface area contributed by atoms with Gasteiger partial charge in [-0.1, -0.05) is 57.8 Å². The first-order chi connectivity index (χ1) is 10.7. The fourth-order valence-electron chi connectivity index (χ4n) is 3.47. The summed E-state index contributed by atoms with van der Waals surface area (Å²) in [5, 5.41) is 16.6. The average molecular weight is 314 g/mol. The summed E-state index contributed by atoms with van der Waals surface area (Å²) < 4.78 is 0. The molecule has 0 spiro atoms. The quantitative estimate of drug-likeness (QED) is 0.665. The Morgan fingerprint density at radius 1 is 0.773 bits per heavy atom. The summed E-state index contributed by atoms with van der Waals surface area (Å²) >= 11 is 0. The van der Waals surface area contributed by atoms with Gasteiger partial charge in [-0.25, -0.2) is 9.80 Å². The zero-order chi connectivity index (χ0) is 16.0. The van der Waals surface area contributed by atoms with E-state index < -0.39 is 6.16 Å². The number of nitrogens with zero attached hydrogens (tertiary/aromatic N) is 1. The van der Waals surface area contributed by atoms with Crippen LogP contribution in [0.4, 0.5) is 4.79 Å². The van der Waals surface area contributed by atoms with E-state index in [-0.39, 0.29) is 0 Å². The first kappa shape index (κ1) is 19.2. The van der Waals surface area contributed by atoms with Gasteiger partial charge in [0.15, 0.2) is 0 Å². The maximum Gasteiger partial charge on any atom is 0.503 e. The lowest BCUT2D eigenvalue weighted by Gasteiger charge is -2.32. The maximum absolute atomic E-state index is 8.56. The number of carbonyl (C=O) groups is 1. The van der Waals surface area contributed by atoms with Crippen molar-refractivity contribution in [1.82, 2.24) is 10.4 Å². The third-order valence-electron chi connectivity index (χ3n) is 4.66. The molecule has 22 heavy (non-hydrogen) atoms. The standard InChI is InChI=1S/C16H32N2.CH2O3/c1-2-5-9-13-16(12-8-4-1)18-15-11-7-3-6-10-14-17-18;2-1(3)4/h16-17H,1-15H2;(H2,2,3,4). The fraction of sp³-hybridized carbons (Fsp3) is 0.941. The van der Waals surface area contributed by atoms with E-state index in [4.69, 9.17) is 15.0 Å². The molecule has 1 aliphatic heterocycles. The highest BCUT2D eigenvalue weighted by Gasteiger charge is 2.18. The molecule has 2 aliphatic rings. The SMILES string of the molecule is C1CCCCC(N2CCCCCCCN2)CCC1.O=C(O)O. The first-order valence-corrected chi connectivity index (χ1v) is 9.12. The number of nitrogens with one attached hydrogen (secondary N) is 1. The molecule has 2 rings (SSSR count). The molecule has 1 heterocycles. The average Bonchev–Trinajstić information content (AvgIpc) is 2.69. The van der Waals surface area contributed by atoms with Crippen molar-refractivity contribution in [3.05, 3.63) is 0 Å². The Bertz CT molecular complexity index is 241. The van der Waals surface area contributed by atoms with Gasteiger partial charge >= 0.3 is 6.16 Å². The molecule has 1 saturated heterocycles. The van der Waals surface area contributed by atoms with Gasteiger partial charge in [0.25, 0.3) is 0 Å². The summed E-state index contributed by atoms with van der Waals surface area (Å²) in [6.07, 6.45) is 16.8. The van der Waals surface area contributed by atoms with Gasteiger partial charge < -0.3 is 10.2 Å². The number of hydrogen-bond donors (Lipinski definition) is 3. The van der Waals surface area contributed by atoms with E-state index in [1.54, 1.807) is 0 Å². The largest absolute Gasteiger partial charge is 0.503 e. The normalized spacial score (nSPS) is 23.5. The summed E-state index contributed by atoms with van der Waals surface area (Å²) in [5.41, 5.74) is 3.73. The van der Waals surface area contributed by atoms with Crippen LogP contribution in [0.1, 0.15) is 83.5 Å². The van der Waals surface area contributed by atoms with Gasteiger partial charge in [-0.15, -0.1) is 0 Å². The van der Waals surface area contributed by atoms with Crippen molar-refractivity contribution < 1.29 is 15.0 Å². The number of hydrazine groups is 1. The summed E-state index contributed by atoms with van der Waals surface area (Å²) in [6.45, 7) is 2.49.